The van der Waals surface area contributed by atoms with Crippen molar-refractivity contribution >= 4 is 40.5 Å². The van der Waals surface area contributed by atoms with E-state index < -0.39 is 4.92 Å². The highest BCUT2D eigenvalue weighted by Crippen LogP contribution is 2.43. The van der Waals surface area contributed by atoms with Crippen LogP contribution in [0.2, 0.25) is 0 Å². The van der Waals surface area contributed by atoms with Crippen LogP contribution < -0.4 is 10.2 Å². The highest BCUT2D eigenvalue weighted by Gasteiger charge is 2.42. The van der Waals surface area contributed by atoms with Gasteiger partial charge in [-0.3, -0.25) is 15.1 Å². The summed E-state index contributed by atoms with van der Waals surface area (Å²) in [7, 11) is 0. The number of hydrogen-bond donors (Lipinski definition) is 1. The first-order valence-corrected chi connectivity index (χ1v) is 13.7. The third kappa shape index (κ3) is 4.94. The molecule has 0 bridgehead atoms. The molecule has 198 valence electrons. The lowest BCUT2D eigenvalue weighted by molar-refractivity contribution is -0.384. The third-order valence-electron chi connectivity index (χ3n) is 6.69. The lowest BCUT2D eigenvalue weighted by atomic mass is 10.0. The molecule has 3 heterocycles. The second-order valence-corrected chi connectivity index (χ2v) is 10.6. The van der Waals surface area contributed by atoms with E-state index in [-0.39, 0.29) is 23.6 Å². The summed E-state index contributed by atoms with van der Waals surface area (Å²) in [5.74, 6) is -0.318. The number of nitro groups is 1. The SMILES string of the molecule is O=[N+]([O-])c1ccc(Sc2ccc(N3C(=S)NC(c4ccccn4)C3c3cccn3-c3ccccc3F)cc2)cc1. The van der Waals surface area contributed by atoms with Gasteiger partial charge in [0.25, 0.3) is 5.69 Å². The Hall–Kier alpha value is -4.54. The molecule has 1 aliphatic rings. The Kier molecular flexibility index (Phi) is 7.02. The van der Waals surface area contributed by atoms with E-state index in [9.17, 15) is 14.5 Å². The quantitative estimate of drug-likeness (QED) is 0.126. The van der Waals surface area contributed by atoms with Gasteiger partial charge in [0, 0.05) is 45.7 Å². The number of nitrogens with one attached hydrogen (secondary N) is 1. The zero-order valence-corrected chi connectivity index (χ0v) is 22.6. The molecule has 0 aliphatic carbocycles. The fraction of sp³-hybridized carbons (Fsp3) is 0.0667. The zero-order chi connectivity index (χ0) is 27.6. The second-order valence-electron chi connectivity index (χ2n) is 9.10. The number of rotatable bonds is 7. The summed E-state index contributed by atoms with van der Waals surface area (Å²) < 4.78 is 16.8. The van der Waals surface area contributed by atoms with Gasteiger partial charge in [-0.05, 0) is 85.0 Å². The Balaban J connectivity index is 1.36. The lowest BCUT2D eigenvalue weighted by Gasteiger charge is -2.29. The van der Waals surface area contributed by atoms with Crippen molar-refractivity contribution in [3.05, 3.63) is 143 Å². The van der Waals surface area contributed by atoms with E-state index in [1.54, 1.807) is 30.5 Å². The number of nitro benzene ring substituents is 1. The summed E-state index contributed by atoms with van der Waals surface area (Å²) in [6.45, 7) is 0. The predicted molar refractivity (Wildman–Crippen MR) is 157 cm³/mol. The van der Waals surface area contributed by atoms with Gasteiger partial charge in [0.15, 0.2) is 5.11 Å². The molecule has 7 nitrogen and oxygen atoms in total. The van der Waals surface area contributed by atoms with Crippen molar-refractivity contribution in [2.75, 3.05) is 4.90 Å². The number of hydrogen-bond acceptors (Lipinski definition) is 5. The molecule has 0 radical (unpaired) electrons. The van der Waals surface area contributed by atoms with Crippen molar-refractivity contribution in [2.24, 2.45) is 0 Å². The molecule has 2 aromatic heterocycles. The fourth-order valence-corrected chi connectivity index (χ4v) is 6.04. The lowest BCUT2D eigenvalue weighted by Crippen LogP contribution is -2.30. The molecule has 1 aliphatic heterocycles. The number of halogens is 1. The van der Waals surface area contributed by atoms with Crippen LogP contribution in [0.5, 0.6) is 0 Å². The minimum absolute atomic E-state index is 0.0587. The van der Waals surface area contributed by atoms with Crippen molar-refractivity contribution in [1.29, 1.82) is 0 Å². The first kappa shape index (κ1) is 25.7. The molecule has 0 saturated carbocycles. The Morgan fingerprint density at radius 1 is 0.900 bits per heavy atom. The second kappa shape index (κ2) is 10.9. The summed E-state index contributed by atoms with van der Waals surface area (Å²) in [4.78, 5) is 19.1. The molecule has 1 fully saturated rings. The number of nitrogens with zero attached hydrogens (tertiary/aromatic N) is 4. The maximum atomic E-state index is 14.9. The third-order valence-corrected chi connectivity index (χ3v) is 8.02. The predicted octanol–water partition coefficient (Wildman–Crippen LogP) is 7.25. The molecular formula is C30H22FN5O2S2. The topological polar surface area (TPSA) is 76.2 Å². The van der Waals surface area contributed by atoms with Gasteiger partial charge >= 0.3 is 0 Å². The van der Waals surface area contributed by atoms with Crippen LogP contribution in [-0.2, 0) is 0 Å². The number of pyridine rings is 1. The van der Waals surface area contributed by atoms with E-state index in [0.29, 0.717) is 10.8 Å². The molecule has 10 heteroatoms. The summed E-state index contributed by atoms with van der Waals surface area (Å²) in [5.41, 5.74) is 3.06. The van der Waals surface area contributed by atoms with Crippen molar-refractivity contribution in [1.82, 2.24) is 14.9 Å². The minimum atomic E-state index is -0.409. The summed E-state index contributed by atoms with van der Waals surface area (Å²) in [6, 6.07) is 30.2. The monoisotopic (exact) mass is 567 g/mol. The Bertz CT molecular complexity index is 1680. The molecule has 6 rings (SSSR count). The van der Waals surface area contributed by atoms with Gasteiger partial charge in [-0.1, -0.05) is 30.0 Å². The van der Waals surface area contributed by atoms with Crippen LogP contribution in [-0.4, -0.2) is 19.6 Å². The minimum Gasteiger partial charge on any atom is -0.351 e. The molecule has 0 spiro atoms. The molecule has 2 unspecified atom stereocenters. The van der Waals surface area contributed by atoms with E-state index in [1.807, 2.05) is 76.3 Å². The van der Waals surface area contributed by atoms with Gasteiger partial charge in [0.05, 0.1) is 22.3 Å². The van der Waals surface area contributed by atoms with E-state index in [4.69, 9.17) is 12.2 Å². The van der Waals surface area contributed by atoms with Crippen LogP contribution in [0, 0.1) is 15.9 Å². The van der Waals surface area contributed by atoms with Gasteiger partial charge < -0.3 is 14.8 Å². The van der Waals surface area contributed by atoms with Crippen LogP contribution in [0.3, 0.4) is 0 Å². The largest absolute Gasteiger partial charge is 0.351 e. The van der Waals surface area contributed by atoms with E-state index in [0.717, 1.165) is 26.9 Å². The van der Waals surface area contributed by atoms with Crippen LogP contribution in [0.15, 0.2) is 125 Å². The van der Waals surface area contributed by atoms with Gasteiger partial charge in [0.2, 0.25) is 0 Å². The smallest absolute Gasteiger partial charge is 0.269 e. The number of aromatic nitrogens is 2. The average molecular weight is 568 g/mol. The van der Waals surface area contributed by atoms with Crippen LogP contribution in [0.1, 0.15) is 23.5 Å². The number of thiocarbonyl (C=S) groups is 1. The van der Waals surface area contributed by atoms with Crippen molar-refractivity contribution in [3.63, 3.8) is 0 Å². The maximum Gasteiger partial charge on any atom is 0.269 e. The van der Waals surface area contributed by atoms with Crippen LogP contribution in [0.4, 0.5) is 15.8 Å². The van der Waals surface area contributed by atoms with E-state index in [2.05, 4.69) is 10.3 Å². The van der Waals surface area contributed by atoms with Crippen molar-refractivity contribution < 1.29 is 9.31 Å². The molecule has 2 atom stereocenters. The summed E-state index contributed by atoms with van der Waals surface area (Å²) in [5, 5.41) is 14.9. The molecular weight excluding hydrogens is 545 g/mol. The number of anilines is 1. The molecule has 40 heavy (non-hydrogen) atoms. The highest BCUT2D eigenvalue weighted by atomic mass is 32.2. The average Bonchev–Trinajstić information content (AvgIpc) is 3.59. The molecule has 1 N–H and O–H groups in total. The maximum absolute atomic E-state index is 14.9. The Morgan fingerprint density at radius 3 is 2.27 bits per heavy atom. The zero-order valence-electron chi connectivity index (χ0n) is 20.9. The first-order valence-electron chi connectivity index (χ1n) is 12.4. The summed E-state index contributed by atoms with van der Waals surface area (Å²) in [6.07, 6.45) is 3.60. The van der Waals surface area contributed by atoms with Gasteiger partial charge in [-0.15, -0.1) is 0 Å². The first-order chi connectivity index (χ1) is 19.5. The van der Waals surface area contributed by atoms with E-state index >= 15 is 0 Å². The number of non-ortho nitro benzene ring substituents is 1. The fourth-order valence-electron chi connectivity index (χ4n) is 4.88. The molecule has 0 amide bonds. The number of para-hydroxylation sites is 1. The van der Waals surface area contributed by atoms with Crippen molar-refractivity contribution in [3.8, 4) is 5.69 Å². The summed E-state index contributed by atoms with van der Waals surface area (Å²) >= 11 is 7.36. The van der Waals surface area contributed by atoms with Gasteiger partial charge in [-0.2, -0.15) is 0 Å². The Labute approximate surface area is 239 Å². The highest BCUT2D eigenvalue weighted by molar-refractivity contribution is 7.99. The molecule has 1 saturated heterocycles. The number of benzene rings is 3. The normalized spacial score (nSPS) is 16.6. The van der Waals surface area contributed by atoms with Crippen molar-refractivity contribution in [2.45, 2.75) is 21.9 Å². The van der Waals surface area contributed by atoms with Crippen LogP contribution in [0.25, 0.3) is 5.69 Å². The molecule has 5 aromatic rings. The molecule has 3 aromatic carbocycles. The van der Waals surface area contributed by atoms with E-state index in [1.165, 1.54) is 30.0 Å². The van der Waals surface area contributed by atoms with Crippen LogP contribution >= 0.6 is 24.0 Å². The van der Waals surface area contributed by atoms with Gasteiger partial charge in [-0.25, -0.2) is 4.39 Å². The Morgan fingerprint density at radius 2 is 1.60 bits per heavy atom. The van der Waals surface area contributed by atoms with Gasteiger partial charge in [0.1, 0.15) is 11.9 Å². The standard InChI is InChI=1S/C30H22FN5O2S2/c31-24-6-1-2-8-26(24)34-19-5-9-27(34)29-28(25-7-3-4-18-32-25)33-30(39)35(29)20-10-14-22(15-11-20)40-23-16-12-21(13-17-23)36(37)38/h1-19,28-29H,(H,33,39).